The van der Waals surface area contributed by atoms with Gasteiger partial charge in [0.15, 0.2) is 0 Å². The predicted molar refractivity (Wildman–Crippen MR) is 96.5 cm³/mol. The maximum atomic E-state index is 12.2. The first-order valence-electron chi connectivity index (χ1n) is 7.70. The minimum absolute atomic E-state index is 0.241. The first kappa shape index (κ1) is 20.8. The lowest BCUT2D eigenvalue weighted by molar-refractivity contribution is -0.174. The van der Waals surface area contributed by atoms with Crippen LogP contribution >= 0.6 is 15.9 Å². The molecule has 1 heterocycles. The van der Waals surface area contributed by atoms with Gasteiger partial charge in [0.1, 0.15) is 12.4 Å². The summed E-state index contributed by atoms with van der Waals surface area (Å²) in [6.07, 6.45) is -3.13. The molecule has 0 aliphatic heterocycles. The summed E-state index contributed by atoms with van der Waals surface area (Å²) in [6.45, 7) is -1.76. The molecule has 1 aromatic carbocycles. The number of rotatable bonds is 7. The highest BCUT2D eigenvalue weighted by Crippen LogP contribution is 2.16. The van der Waals surface area contributed by atoms with Crippen LogP contribution in [0, 0.1) is 0 Å². The molecule has 0 fully saturated rings. The van der Waals surface area contributed by atoms with Crippen molar-refractivity contribution in [1.82, 2.24) is 4.98 Å². The standard InChI is InChI=1S/C17H15BrF3N3O3/c18-12-4-5-14(22-9-12)24-16(26)11-2-1-3-13(8-11)23-15(25)6-7-27-10-17(19,20)21/h1-5,8-9H,6-7,10H2,(H,23,25)(H,22,24,26). The Hall–Kier alpha value is -2.46. The van der Waals surface area contributed by atoms with E-state index in [9.17, 15) is 22.8 Å². The van der Waals surface area contributed by atoms with Gasteiger partial charge < -0.3 is 15.4 Å². The molecule has 0 aliphatic carbocycles. The van der Waals surface area contributed by atoms with Crippen molar-refractivity contribution in [2.24, 2.45) is 0 Å². The van der Waals surface area contributed by atoms with Crippen LogP contribution in [0.3, 0.4) is 0 Å². The third-order valence-electron chi connectivity index (χ3n) is 3.12. The van der Waals surface area contributed by atoms with Crippen LogP contribution < -0.4 is 10.6 Å². The Bertz CT molecular complexity index is 798. The van der Waals surface area contributed by atoms with Gasteiger partial charge in [0, 0.05) is 21.9 Å². The van der Waals surface area contributed by atoms with E-state index < -0.39 is 24.6 Å². The minimum Gasteiger partial charge on any atom is -0.372 e. The lowest BCUT2D eigenvalue weighted by Gasteiger charge is -2.09. The van der Waals surface area contributed by atoms with Crippen molar-refractivity contribution < 1.29 is 27.5 Å². The fourth-order valence-electron chi connectivity index (χ4n) is 1.95. The maximum Gasteiger partial charge on any atom is 0.411 e. The van der Waals surface area contributed by atoms with Crippen molar-refractivity contribution in [2.75, 3.05) is 23.8 Å². The minimum atomic E-state index is -4.43. The number of carbonyl (C=O) groups is 2. The van der Waals surface area contributed by atoms with Crippen LogP contribution in [0.5, 0.6) is 0 Å². The smallest absolute Gasteiger partial charge is 0.372 e. The Morgan fingerprint density at radius 1 is 1.15 bits per heavy atom. The van der Waals surface area contributed by atoms with Gasteiger partial charge in [0.2, 0.25) is 5.91 Å². The molecular weight excluding hydrogens is 431 g/mol. The molecule has 27 heavy (non-hydrogen) atoms. The van der Waals surface area contributed by atoms with E-state index in [1.165, 1.54) is 12.3 Å². The number of anilines is 2. The average molecular weight is 446 g/mol. The highest BCUT2D eigenvalue weighted by Gasteiger charge is 2.27. The summed E-state index contributed by atoms with van der Waals surface area (Å²) in [5.41, 5.74) is 0.623. The van der Waals surface area contributed by atoms with E-state index in [2.05, 4.69) is 36.3 Å². The Labute approximate surface area is 161 Å². The van der Waals surface area contributed by atoms with Crippen molar-refractivity contribution in [3.05, 3.63) is 52.6 Å². The van der Waals surface area contributed by atoms with Gasteiger partial charge in [-0.25, -0.2) is 4.98 Å². The molecule has 6 nitrogen and oxygen atoms in total. The summed E-state index contributed by atoms with van der Waals surface area (Å²) in [7, 11) is 0. The number of nitrogens with one attached hydrogen (secondary N) is 2. The van der Waals surface area contributed by atoms with Crippen LogP contribution in [0.2, 0.25) is 0 Å². The van der Waals surface area contributed by atoms with Crippen LogP contribution in [0.15, 0.2) is 47.1 Å². The molecule has 2 rings (SSSR count). The molecule has 0 atom stereocenters. The van der Waals surface area contributed by atoms with Crippen molar-refractivity contribution in [1.29, 1.82) is 0 Å². The van der Waals surface area contributed by atoms with E-state index in [0.717, 1.165) is 4.47 Å². The fourth-order valence-corrected chi connectivity index (χ4v) is 2.19. The summed E-state index contributed by atoms with van der Waals surface area (Å²) in [5.74, 6) is -0.585. The zero-order valence-electron chi connectivity index (χ0n) is 13.8. The molecule has 2 amide bonds. The Kier molecular flexibility index (Phi) is 7.31. The number of nitrogens with zero attached hydrogens (tertiary/aromatic N) is 1. The lowest BCUT2D eigenvalue weighted by Crippen LogP contribution is -2.20. The molecule has 0 radical (unpaired) electrons. The van der Waals surface area contributed by atoms with Crippen LogP contribution in [-0.2, 0) is 9.53 Å². The topological polar surface area (TPSA) is 80.3 Å². The van der Waals surface area contributed by atoms with Gasteiger partial charge in [-0.15, -0.1) is 0 Å². The van der Waals surface area contributed by atoms with Crippen molar-refractivity contribution >= 4 is 39.2 Å². The first-order chi connectivity index (χ1) is 12.7. The highest BCUT2D eigenvalue weighted by molar-refractivity contribution is 9.10. The molecule has 0 spiro atoms. The van der Waals surface area contributed by atoms with Gasteiger partial charge in [-0.3, -0.25) is 9.59 Å². The molecule has 10 heteroatoms. The number of alkyl halides is 3. The van der Waals surface area contributed by atoms with Crippen molar-refractivity contribution in [3.63, 3.8) is 0 Å². The van der Waals surface area contributed by atoms with Gasteiger partial charge in [-0.1, -0.05) is 6.07 Å². The third-order valence-corrected chi connectivity index (χ3v) is 3.59. The molecule has 144 valence electrons. The summed E-state index contributed by atoms with van der Waals surface area (Å²) < 4.78 is 41.0. The molecule has 0 saturated carbocycles. The molecule has 0 unspecified atom stereocenters. The second-order valence-corrected chi connectivity index (χ2v) is 6.28. The van der Waals surface area contributed by atoms with Gasteiger partial charge in [-0.05, 0) is 46.3 Å². The average Bonchev–Trinajstić information content (AvgIpc) is 2.60. The number of benzene rings is 1. The monoisotopic (exact) mass is 445 g/mol. The second-order valence-electron chi connectivity index (χ2n) is 5.36. The van der Waals surface area contributed by atoms with Crippen LogP contribution in [0.1, 0.15) is 16.8 Å². The van der Waals surface area contributed by atoms with Gasteiger partial charge in [0.25, 0.3) is 5.91 Å². The van der Waals surface area contributed by atoms with E-state index in [1.807, 2.05) is 0 Å². The highest BCUT2D eigenvalue weighted by atomic mass is 79.9. The maximum absolute atomic E-state index is 12.2. The number of carbonyl (C=O) groups excluding carboxylic acids is 2. The zero-order chi connectivity index (χ0) is 19.9. The molecule has 2 N–H and O–H groups in total. The summed E-state index contributed by atoms with van der Waals surface area (Å²) >= 11 is 3.24. The predicted octanol–water partition coefficient (Wildman–Crippen LogP) is 4.00. The first-order valence-corrected chi connectivity index (χ1v) is 8.49. The Morgan fingerprint density at radius 3 is 2.59 bits per heavy atom. The van der Waals surface area contributed by atoms with Crippen molar-refractivity contribution in [3.8, 4) is 0 Å². The van der Waals surface area contributed by atoms with E-state index in [4.69, 9.17) is 0 Å². The van der Waals surface area contributed by atoms with Gasteiger partial charge >= 0.3 is 6.18 Å². The molecule has 1 aromatic heterocycles. The lowest BCUT2D eigenvalue weighted by atomic mass is 10.2. The third kappa shape index (κ3) is 7.75. The van der Waals surface area contributed by atoms with Crippen molar-refractivity contribution in [2.45, 2.75) is 12.6 Å². The molecular formula is C17H15BrF3N3O3. The molecule has 2 aromatic rings. The van der Waals surface area contributed by atoms with Gasteiger partial charge in [-0.2, -0.15) is 13.2 Å². The van der Waals surface area contributed by atoms with Crippen LogP contribution in [0.25, 0.3) is 0 Å². The SMILES string of the molecule is O=C(CCOCC(F)(F)F)Nc1cccc(C(=O)Nc2ccc(Br)cn2)c1. The summed E-state index contributed by atoms with van der Waals surface area (Å²) in [6, 6.07) is 9.47. The van der Waals surface area contributed by atoms with Crippen LogP contribution in [0.4, 0.5) is 24.7 Å². The number of ether oxygens (including phenoxy) is 1. The van der Waals surface area contributed by atoms with Gasteiger partial charge in [0.05, 0.1) is 13.0 Å². The molecule has 0 aliphatic rings. The number of pyridine rings is 1. The quantitative estimate of drug-likeness (QED) is 0.631. The van der Waals surface area contributed by atoms with E-state index in [0.29, 0.717) is 11.5 Å². The van der Waals surface area contributed by atoms with E-state index in [-0.39, 0.29) is 18.6 Å². The number of hydrogen-bond donors (Lipinski definition) is 2. The fraction of sp³-hybridized carbons (Fsp3) is 0.235. The summed E-state index contributed by atoms with van der Waals surface area (Å²) in [5, 5.41) is 5.12. The number of aromatic nitrogens is 1. The zero-order valence-corrected chi connectivity index (χ0v) is 15.4. The molecule has 0 saturated heterocycles. The normalized spacial score (nSPS) is 11.1. The number of halogens is 4. The molecule has 0 bridgehead atoms. The summed E-state index contributed by atoms with van der Waals surface area (Å²) in [4.78, 5) is 28.0. The second kappa shape index (κ2) is 9.47. The number of hydrogen-bond acceptors (Lipinski definition) is 4. The Balaban J connectivity index is 1.87. The van der Waals surface area contributed by atoms with Crippen LogP contribution in [-0.4, -0.2) is 36.2 Å². The largest absolute Gasteiger partial charge is 0.411 e. The number of amides is 2. The van der Waals surface area contributed by atoms with E-state index in [1.54, 1.807) is 30.3 Å². The Morgan fingerprint density at radius 2 is 1.93 bits per heavy atom. The van der Waals surface area contributed by atoms with E-state index >= 15 is 0 Å².